The van der Waals surface area contributed by atoms with Crippen LogP contribution in [0.5, 0.6) is 0 Å². The van der Waals surface area contributed by atoms with Gasteiger partial charge in [-0.3, -0.25) is 19.2 Å². The van der Waals surface area contributed by atoms with E-state index >= 15 is 0 Å². The van der Waals surface area contributed by atoms with Crippen molar-refractivity contribution in [3.63, 3.8) is 0 Å². The van der Waals surface area contributed by atoms with Crippen molar-refractivity contribution in [1.29, 1.82) is 0 Å². The zero-order valence-corrected chi connectivity index (χ0v) is 15.9. The van der Waals surface area contributed by atoms with E-state index in [1.54, 1.807) is 17.5 Å². The van der Waals surface area contributed by atoms with E-state index in [1.807, 2.05) is 0 Å². The van der Waals surface area contributed by atoms with Gasteiger partial charge < -0.3 is 25.1 Å². The molecule has 1 saturated heterocycles. The van der Waals surface area contributed by atoms with Crippen LogP contribution in [0.3, 0.4) is 0 Å². The van der Waals surface area contributed by atoms with Crippen molar-refractivity contribution in [2.24, 2.45) is 11.7 Å². The van der Waals surface area contributed by atoms with Gasteiger partial charge in [0.1, 0.15) is 10.8 Å². The highest BCUT2D eigenvalue weighted by Crippen LogP contribution is 2.24. The van der Waals surface area contributed by atoms with Crippen molar-refractivity contribution in [2.75, 3.05) is 11.9 Å². The van der Waals surface area contributed by atoms with Gasteiger partial charge in [0.15, 0.2) is 6.10 Å². The van der Waals surface area contributed by atoms with Gasteiger partial charge in [-0.25, -0.2) is 0 Å². The number of nitrogens with zero attached hydrogens (tertiary/aromatic N) is 1. The van der Waals surface area contributed by atoms with Crippen LogP contribution < -0.4 is 11.1 Å². The number of furan rings is 1. The second-order valence-electron chi connectivity index (χ2n) is 6.35. The van der Waals surface area contributed by atoms with E-state index in [0.29, 0.717) is 10.8 Å². The van der Waals surface area contributed by atoms with Crippen molar-refractivity contribution in [3.8, 4) is 0 Å². The van der Waals surface area contributed by atoms with Crippen LogP contribution in [0, 0.1) is 5.92 Å². The van der Waals surface area contributed by atoms with E-state index in [-0.39, 0.29) is 31.0 Å². The first-order valence-corrected chi connectivity index (χ1v) is 9.42. The van der Waals surface area contributed by atoms with Gasteiger partial charge in [-0.15, -0.1) is 11.3 Å². The summed E-state index contributed by atoms with van der Waals surface area (Å²) in [7, 11) is 0. The molecule has 10 heteroatoms. The Morgan fingerprint density at radius 2 is 2.21 bits per heavy atom. The molecule has 2 aromatic rings. The molecule has 3 heterocycles. The summed E-state index contributed by atoms with van der Waals surface area (Å²) in [5.41, 5.74) is 5.42. The lowest BCUT2D eigenvalue weighted by Gasteiger charge is -2.17. The van der Waals surface area contributed by atoms with Crippen LogP contribution >= 0.6 is 11.3 Å². The molecule has 3 N–H and O–H groups in total. The van der Waals surface area contributed by atoms with Crippen LogP contribution in [0.2, 0.25) is 0 Å². The summed E-state index contributed by atoms with van der Waals surface area (Å²) in [4.78, 5) is 49.5. The van der Waals surface area contributed by atoms with Crippen LogP contribution in [0.1, 0.15) is 29.5 Å². The fourth-order valence-electron chi connectivity index (χ4n) is 2.81. The molecule has 0 saturated carbocycles. The highest BCUT2D eigenvalue weighted by molar-refractivity contribution is 7.14. The summed E-state index contributed by atoms with van der Waals surface area (Å²) < 4.78 is 10.4. The van der Waals surface area contributed by atoms with Crippen LogP contribution in [0.25, 0.3) is 0 Å². The monoisotopic (exact) mass is 405 g/mol. The average Bonchev–Trinajstić information content (AvgIpc) is 3.37. The molecule has 0 bridgehead atoms. The predicted molar refractivity (Wildman–Crippen MR) is 99.3 cm³/mol. The Morgan fingerprint density at radius 1 is 1.43 bits per heavy atom. The molecule has 0 aromatic carbocycles. The van der Waals surface area contributed by atoms with E-state index in [1.165, 1.54) is 24.2 Å². The van der Waals surface area contributed by atoms with E-state index in [4.69, 9.17) is 14.9 Å². The van der Waals surface area contributed by atoms with Crippen molar-refractivity contribution in [3.05, 3.63) is 41.2 Å². The molecule has 9 nitrogen and oxygen atoms in total. The number of carbonyl (C=O) groups is 4. The highest BCUT2D eigenvalue weighted by Gasteiger charge is 2.37. The first-order valence-electron chi connectivity index (χ1n) is 8.54. The Balaban J connectivity index is 1.53. The number of carbonyl (C=O) groups excluding carboxylic acids is 4. The lowest BCUT2D eigenvalue weighted by atomic mass is 10.1. The molecular weight excluding hydrogens is 386 g/mol. The van der Waals surface area contributed by atoms with Gasteiger partial charge in [-0.05, 0) is 30.5 Å². The first-order chi connectivity index (χ1) is 13.3. The van der Waals surface area contributed by atoms with Gasteiger partial charge in [0.05, 0.1) is 24.3 Å². The Morgan fingerprint density at radius 3 is 2.89 bits per heavy atom. The van der Waals surface area contributed by atoms with Gasteiger partial charge in [0.25, 0.3) is 11.8 Å². The predicted octanol–water partition coefficient (Wildman–Crippen LogP) is 1.36. The van der Waals surface area contributed by atoms with Crippen molar-refractivity contribution < 1.29 is 28.3 Å². The van der Waals surface area contributed by atoms with Crippen molar-refractivity contribution in [1.82, 2.24) is 4.90 Å². The molecular formula is C18H19N3O6S. The normalized spacial score (nSPS) is 17.4. The quantitative estimate of drug-likeness (QED) is 0.669. The second-order valence-corrected chi connectivity index (χ2v) is 7.27. The maximum atomic E-state index is 12.4. The molecule has 28 heavy (non-hydrogen) atoms. The minimum atomic E-state index is -1.09. The topological polar surface area (TPSA) is 132 Å². The van der Waals surface area contributed by atoms with Gasteiger partial charge in [0, 0.05) is 13.0 Å². The molecule has 0 spiro atoms. The third-order valence-corrected chi connectivity index (χ3v) is 5.13. The number of esters is 1. The lowest BCUT2D eigenvalue weighted by Crippen LogP contribution is -2.33. The smallest absolute Gasteiger partial charge is 0.312 e. The maximum absolute atomic E-state index is 12.4. The van der Waals surface area contributed by atoms with Gasteiger partial charge in [-0.2, -0.15) is 0 Å². The number of nitrogens with one attached hydrogen (secondary N) is 1. The fraction of sp³-hybridized carbons (Fsp3) is 0.333. The minimum absolute atomic E-state index is 0.0185. The fourth-order valence-corrected chi connectivity index (χ4v) is 3.61. The number of hydrogen-bond donors (Lipinski definition) is 2. The summed E-state index contributed by atoms with van der Waals surface area (Å²) in [5, 5.41) is 4.43. The average molecular weight is 405 g/mol. The maximum Gasteiger partial charge on any atom is 0.312 e. The first kappa shape index (κ1) is 19.6. The summed E-state index contributed by atoms with van der Waals surface area (Å²) >= 11 is 1.14. The Kier molecular flexibility index (Phi) is 5.78. The molecule has 2 aromatic heterocycles. The number of rotatable bonds is 7. The number of likely N-dealkylation sites (tertiary alicyclic amines) is 1. The molecule has 148 valence electrons. The minimum Gasteiger partial charge on any atom is -0.467 e. The van der Waals surface area contributed by atoms with E-state index in [2.05, 4.69) is 5.32 Å². The van der Waals surface area contributed by atoms with E-state index in [0.717, 1.165) is 11.3 Å². The van der Waals surface area contributed by atoms with Crippen LogP contribution in [-0.2, 0) is 25.7 Å². The standard InChI is InChI=1S/C18H19N3O6S/c1-10(16(24)20-17-13(15(19)23)4-6-28-17)27-18(25)11-7-14(22)21(8-11)9-12-3-2-5-26-12/h2-6,10-11H,7-9H2,1H3,(H2,19,23)(H,20,24)/t10-,11-/m0/s1. The molecule has 2 atom stereocenters. The molecule has 3 amide bonds. The van der Waals surface area contributed by atoms with Gasteiger partial charge in [-0.1, -0.05) is 0 Å². The molecule has 0 aliphatic carbocycles. The number of ether oxygens (including phenoxy) is 1. The van der Waals surface area contributed by atoms with Gasteiger partial charge >= 0.3 is 5.97 Å². The molecule has 0 unspecified atom stereocenters. The summed E-state index contributed by atoms with van der Waals surface area (Å²) in [6, 6.07) is 4.96. The third kappa shape index (κ3) is 4.39. The summed E-state index contributed by atoms with van der Waals surface area (Å²) in [5.74, 6) is -2.09. The summed E-state index contributed by atoms with van der Waals surface area (Å²) in [6.07, 6.45) is 0.439. The van der Waals surface area contributed by atoms with E-state index in [9.17, 15) is 19.2 Å². The zero-order valence-electron chi connectivity index (χ0n) is 15.0. The highest BCUT2D eigenvalue weighted by atomic mass is 32.1. The number of amides is 3. The van der Waals surface area contributed by atoms with Crippen molar-refractivity contribution in [2.45, 2.75) is 26.0 Å². The van der Waals surface area contributed by atoms with E-state index < -0.39 is 29.8 Å². The second kappa shape index (κ2) is 8.26. The largest absolute Gasteiger partial charge is 0.467 e. The SMILES string of the molecule is C[C@H](OC(=O)[C@H]1CC(=O)N(Cc2ccco2)C1)C(=O)Nc1sccc1C(N)=O. The third-order valence-electron chi connectivity index (χ3n) is 4.30. The Bertz CT molecular complexity index is 891. The van der Waals surface area contributed by atoms with Crippen LogP contribution in [0.4, 0.5) is 5.00 Å². The lowest BCUT2D eigenvalue weighted by molar-refractivity contribution is -0.157. The molecule has 1 fully saturated rings. The Labute approximate surface area is 164 Å². The van der Waals surface area contributed by atoms with Crippen LogP contribution in [0.15, 0.2) is 34.3 Å². The molecule has 1 aliphatic heterocycles. The molecule has 1 aliphatic rings. The number of nitrogens with two attached hydrogens (primary N) is 1. The van der Waals surface area contributed by atoms with Gasteiger partial charge in [0.2, 0.25) is 5.91 Å². The number of hydrogen-bond acceptors (Lipinski definition) is 7. The Hall–Kier alpha value is -3.14. The molecule has 0 radical (unpaired) electrons. The number of primary amides is 1. The van der Waals surface area contributed by atoms with Crippen molar-refractivity contribution >= 4 is 40.0 Å². The zero-order chi connectivity index (χ0) is 20.3. The van der Waals surface area contributed by atoms with Crippen LogP contribution in [-0.4, -0.2) is 41.2 Å². The number of thiophene rings is 1. The number of anilines is 1. The molecule has 3 rings (SSSR count). The summed E-state index contributed by atoms with van der Waals surface area (Å²) in [6.45, 7) is 1.89.